The summed E-state index contributed by atoms with van der Waals surface area (Å²) in [5.41, 5.74) is 1.54. The first-order valence-electron chi connectivity index (χ1n) is 7.53. The summed E-state index contributed by atoms with van der Waals surface area (Å²) in [4.78, 5) is 0. The zero-order valence-corrected chi connectivity index (χ0v) is 12.7. The minimum Gasteiger partial charge on any atom is -0.376 e. The van der Waals surface area contributed by atoms with Gasteiger partial charge in [-0.3, -0.25) is 0 Å². The van der Waals surface area contributed by atoms with Crippen molar-refractivity contribution in [1.29, 1.82) is 0 Å². The van der Waals surface area contributed by atoms with E-state index in [0.29, 0.717) is 5.92 Å². The maximum Gasteiger partial charge on any atom is 0.0657 e. The molecule has 0 aromatic carbocycles. The fraction of sp³-hybridized carbons (Fsp3) is 0.765. The molecule has 0 spiro atoms. The Hall–Kier alpha value is -0.560. The molecule has 0 aromatic rings. The lowest BCUT2D eigenvalue weighted by atomic mass is 9.89. The number of hydrogen-bond acceptors (Lipinski definition) is 1. The zero-order valence-electron chi connectivity index (χ0n) is 12.7. The molecule has 0 heterocycles. The van der Waals surface area contributed by atoms with Gasteiger partial charge in [-0.1, -0.05) is 43.6 Å². The average Bonchev–Trinajstić information content (AvgIpc) is 2.32. The van der Waals surface area contributed by atoms with Crippen molar-refractivity contribution in [3.05, 3.63) is 23.8 Å². The molecule has 1 aliphatic rings. The Morgan fingerprint density at radius 2 is 2.11 bits per heavy atom. The van der Waals surface area contributed by atoms with Crippen molar-refractivity contribution in [2.45, 2.75) is 71.8 Å². The van der Waals surface area contributed by atoms with Crippen molar-refractivity contribution in [2.75, 3.05) is 6.61 Å². The van der Waals surface area contributed by atoms with Crippen molar-refractivity contribution >= 4 is 0 Å². The average molecular weight is 250 g/mol. The lowest BCUT2D eigenvalue weighted by molar-refractivity contribution is -0.0385. The first-order valence-corrected chi connectivity index (χ1v) is 7.53. The first kappa shape index (κ1) is 15.5. The van der Waals surface area contributed by atoms with Gasteiger partial charge in [-0.15, -0.1) is 0 Å². The summed E-state index contributed by atoms with van der Waals surface area (Å²) in [5.74, 6) is 0.701. The van der Waals surface area contributed by atoms with E-state index in [1.54, 1.807) is 0 Å². The molecule has 1 heteroatoms. The fourth-order valence-electron chi connectivity index (χ4n) is 2.63. The van der Waals surface area contributed by atoms with Gasteiger partial charge in [0, 0.05) is 6.61 Å². The Balaban J connectivity index is 2.68. The summed E-state index contributed by atoms with van der Waals surface area (Å²) in [7, 11) is 0. The van der Waals surface area contributed by atoms with Crippen LogP contribution in [0, 0.1) is 5.92 Å². The molecule has 18 heavy (non-hydrogen) atoms. The van der Waals surface area contributed by atoms with Gasteiger partial charge in [0.2, 0.25) is 0 Å². The molecule has 1 rings (SSSR count). The van der Waals surface area contributed by atoms with Crippen LogP contribution in [0.25, 0.3) is 0 Å². The van der Waals surface area contributed by atoms with Crippen molar-refractivity contribution in [2.24, 2.45) is 5.92 Å². The van der Waals surface area contributed by atoms with Gasteiger partial charge in [-0.05, 0) is 52.4 Å². The second-order valence-corrected chi connectivity index (χ2v) is 6.00. The van der Waals surface area contributed by atoms with Crippen molar-refractivity contribution in [3.63, 3.8) is 0 Å². The summed E-state index contributed by atoms with van der Waals surface area (Å²) in [6.07, 6.45) is 14.2. The molecule has 0 aliphatic heterocycles. The molecule has 2 atom stereocenters. The molecule has 1 aliphatic carbocycles. The SMILES string of the molecule is CCOC1(C)CCCCC(C)/C=C\C=C(\C)CC1. The second-order valence-electron chi connectivity index (χ2n) is 6.00. The van der Waals surface area contributed by atoms with Crippen LogP contribution in [0.5, 0.6) is 0 Å². The van der Waals surface area contributed by atoms with Crippen LogP contribution >= 0.6 is 0 Å². The Labute approximate surface area is 113 Å². The van der Waals surface area contributed by atoms with E-state index in [1.807, 2.05) is 0 Å². The Bertz CT molecular complexity index is 290. The third-order valence-corrected chi connectivity index (χ3v) is 3.98. The minimum atomic E-state index is 0.0794. The van der Waals surface area contributed by atoms with Crippen molar-refractivity contribution in [1.82, 2.24) is 0 Å². The molecule has 0 aromatic heterocycles. The summed E-state index contributed by atoms with van der Waals surface area (Å²) >= 11 is 0. The lowest BCUT2D eigenvalue weighted by Crippen LogP contribution is -2.29. The number of rotatable bonds is 2. The van der Waals surface area contributed by atoms with E-state index < -0.39 is 0 Å². The predicted molar refractivity (Wildman–Crippen MR) is 79.8 cm³/mol. The minimum absolute atomic E-state index is 0.0794. The molecule has 0 saturated carbocycles. The standard InChI is InChI=1S/C17H30O/c1-5-18-17(4)13-7-6-9-15(2)10-8-11-16(3)12-14-17/h8,10-11,15H,5-7,9,12-14H2,1-4H3/b10-8-,16-11-. The van der Waals surface area contributed by atoms with E-state index in [4.69, 9.17) is 4.74 Å². The van der Waals surface area contributed by atoms with Crippen LogP contribution in [0.1, 0.15) is 66.2 Å². The summed E-state index contributed by atoms with van der Waals surface area (Å²) in [6.45, 7) is 9.76. The molecule has 2 unspecified atom stereocenters. The molecule has 0 saturated heterocycles. The molecular weight excluding hydrogens is 220 g/mol. The number of allylic oxidation sites excluding steroid dienone is 4. The van der Waals surface area contributed by atoms with Gasteiger partial charge in [0.15, 0.2) is 0 Å². The third-order valence-electron chi connectivity index (χ3n) is 3.98. The highest BCUT2D eigenvalue weighted by Crippen LogP contribution is 2.28. The van der Waals surface area contributed by atoms with Crippen LogP contribution in [0.2, 0.25) is 0 Å². The number of hydrogen-bond donors (Lipinski definition) is 0. The highest BCUT2D eigenvalue weighted by molar-refractivity contribution is 5.11. The fourth-order valence-corrected chi connectivity index (χ4v) is 2.63. The van der Waals surface area contributed by atoms with E-state index in [9.17, 15) is 0 Å². The summed E-state index contributed by atoms with van der Waals surface area (Å²) < 4.78 is 6.00. The molecule has 1 nitrogen and oxygen atoms in total. The van der Waals surface area contributed by atoms with Crippen LogP contribution in [-0.2, 0) is 4.74 Å². The molecule has 104 valence electrons. The zero-order chi connectivity index (χ0) is 13.4. The van der Waals surface area contributed by atoms with E-state index >= 15 is 0 Å². The Morgan fingerprint density at radius 1 is 1.33 bits per heavy atom. The van der Waals surface area contributed by atoms with Crippen LogP contribution in [0.3, 0.4) is 0 Å². The van der Waals surface area contributed by atoms with E-state index in [1.165, 1.54) is 31.3 Å². The van der Waals surface area contributed by atoms with Crippen LogP contribution in [0.4, 0.5) is 0 Å². The highest BCUT2D eigenvalue weighted by Gasteiger charge is 2.23. The first-order chi connectivity index (χ1) is 8.56. The van der Waals surface area contributed by atoms with Gasteiger partial charge in [-0.2, -0.15) is 0 Å². The largest absolute Gasteiger partial charge is 0.376 e. The van der Waals surface area contributed by atoms with E-state index in [2.05, 4.69) is 45.9 Å². The van der Waals surface area contributed by atoms with Gasteiger partial charge in [0.05, 0.1) is 5.60 Å². The van der Waals surface area contributed by atoms with E-state index in [-0.39, 0.29) is 5.60 Å². The lowest BCUT2D eigenvalue weighted by Gasteiger charge is -2.30. The van der Waals surface area contributed by atoms with Crippen LogP contribution in [-0.4, -0.2) is 12.2 Å². The van der Waals surface area contributed by atoms with Gasteiger partial charge in [-0.25, -0.2) is 0 Å². The molecule has 0 bridgehead atoms. The van der Waals surface area contributed by atoms with Crippen LogP contribution in [0.15, 0.2) is 23.8 Å². The number of ether oxygens (including phenoxy) is 1. The second kappa shape index (κ2) is 7.78. The predicted octanol–water partition coefficient (Wildman–Crippen LogP) is 5.27. The Kier molecular flexibility index (Phi) is 6.70. The van der Waals surface area contributed by atoms with E-state index in [0.717, 1.165) is 19.4 Å². The summed E-state index contributed by atoms with van der Waals surface area (Å²) in [6, 6.07) is 0. The van der Waals surface area contributed by atoms with Gasteiger partial charge in [0.25, 0.3) is 0 Å². The topological polar surface area (TPSA) is 9.23 Å². The van der Waals surface area contributed by atoms with Gasteiger partial charge < -0.3 is 4.74 Å². The van der Waals surface area contributed by atoms with Crippen LogP contribution < -0.4 is 0 Å². The quantitative estimate of drug-likeness (QED) is 0.648. The van der Waals surface area contributed by atoms with Gasteiger partial charge >= 0.3 is 0 Å². The molecule has 0 N–H and O–H groups in total. The molecule has 0 radical (unpaired) electrons. The molecular formula is C17H30O. The normalized spacial score (nSPS) is 36.0. The Morgan fingerprint density at radius 3 is 2.83 bits per heavy atom. The molecule has 0 amide bonds. The summed E-state index contributed by atoms with van der Waals surface area (Å²) in [5, 5.41) is 0. The van der Waals surface area contributed by atoms with Gasteiger partial charge in [0.1, 0.15) is 0 Å². The maximum absolute atomic E-state index is 6.00. The molecule has 0 fully saturated rings. The third kappa shape index (κ3) is 5.86. The maximum atomic E-state index is 6.00. The monoisotopic (exact) mass is 250 g/mol. The van der Waals surface area contributed by atoms with Crippen molar-refractivity contribution in [3.8, 4) is 0 Å². The van der Waals surface area contributed by atoms with Crippen molar-refractivity contribution < 1.29 is 4.74 Å². The highest BCUT2D eigenvalue weighted by atomic mass is 16.5. The smallest absolute Gasteiger partial charge is 0.0657 e.